The highest BCUT2D eigenvalue weighted by Crippen LogP contribution is 2.31. The molecule has 0 atom stereocenters. The van der Waals surface area contributed by atoms with Crippen LogP contribution in [0, 0.1) is 6.92 Å². The van der Waals surface area contributed by atoms with Crippen LogP contribution < -0.4 is 5.43 Å². The number of thiazole rings is 1. The predicted molar refractivity (Wildman–Crippen MR) is 84.3 cm³/mol. The van der Waals surface area contributed by atoms with Crippen molar-refractivity contribution in [3.05, 3.63) is 58.4 Å². The molecule has 24 heavy (non-hydrogen) atoms. The molecule has 2 heterocycles. The van der Waals surface area contributed by atoms with Gasteiger partial charge in [0.25, 0.3) is 5.91 Å². The summed E-state index contributed by atoms with van der Waals surface area (Å²) < 4.78 is 40.3. The maximum atomic E-state index is 12.9. The number of halogens is 3. The topological polar surface area (TPSA) is 58.8 Å². The van der Waals surface area contributed by atoms with E-state index in [0.29, 0.717) is 16.3 Å². The van der Waals surface area contributed by atoms with E-state index in [4.69, 9.17) is 0 Å². The number of nitrogens with zero attached hydrogens (tertiary/aromatic N) is 3. The Balaban J connectivity index is 1.81. The lowest BCUT2D eigenvalue weighted by molar-refractivity contribution is -0.137. The van der Waals surface area contributed by atoms with Crippen LogP contribution >= 0.6 is 11.3 Å². The zero-order valence-electron chi connectivity index (χ0n) is 12.3. The molecule has 0 aliphatic rings. The van der Waals surface area contributed by atoms with Crippen molar-refractivity contribution in [2.45, 2.75) is 13.1 Å². The van der Waals surface area contributed by atoms with Crippen molar-refractivity contribution in [2.24, 2.45) is 5.10 Å². The fraction of sp³-hybridized carbons (Fsp3) is 0.133. The van der Waals surface area contributed by atoms with Gasteiger partial charge in [-0.25, -0.2) is 10.4 Å². The van der Waals surface area contributed by atoms with Gasteiger partial charge >= 0.3 is 6.18 Å². The molecule has 3 rings (SSSR count). The highest BCUT2D eigenvalue weighted by molar-refractivity contribution is 7.15. The minimum atomic E-state index is -4.49. The summed E-state index contributed by atoms with van der Waals surface area (Å²) in [6.45, 7) is 1.68. The van der Waals surface area contributed by atoms with Crippen LogP contribution in [0.3, 0.4) is 0 Å². The van der Waals surface area contributed by atoms with Crippen molar-refractivity contribution in [1.82, 2.24) is 14.8 Å². The molecule has 124 valence electrons. The summed E-state index contributed by atoms with van der Waals surface area (Å²) in [7, 11) is 0. The Hall–Kier alpha value is -2.68. The molecule has 2 aromatic heterocycles. The lowest BCUT2D eigenvalue weighted by atomic mass is 10.1. The molecule has 1 N–H and O–H groups in total. The van der Waals surface area contributed by atoms with Crippen molar-refractivity contribution in [1.29, 1.82) is 0 Å². The van der Waals surface area contributed by atoms with Gasteiger partial charge in [-0.3, -0.25) is 9.20 Å². The number of imidazole rings is 1. The summed E-state index contributed by atoms with van der Waals surface area (Å²) in [6, 6.07) is 4.99. The van der Waals surface area contributed by atoms with Gasteiger partial charge in [-0.15, -0.1) is 11.3 Å². The average Bonchev–Trinajstić information content (AvgIpc) is 3.06. The molecule has 1 aromatic carbocycles. The van der Waals surface area contributed by atoms with Crippen molar-refractivity contribution in [2.75, 3.05) is 0 Å². The minimum Gasteiger partial charge on any atom is -0.286 e. The highest BCUT2D eigenvalue weighted by atomic mass is 32.1. The second-order valence-corrected chi connectivity index (χ2v) is 5.76. The van der Waals surface area contributed by atoms with E-state index in [1.54, 1.807) is 22.9 Å². The summed E-state index contributed by atoms with van der Waals surface area (Å²) in [5, 5.41) is 5.42. The fourth-order valence-corrected chi connectivity index (χ4v) is 3.01. The quantitative estimate of drug-likeness (QED) is 0.579. The average molecular weight is 352 g/mol. The Morgan fingerprint density at radius 2 is 2.12 bits per heavy atom. The number of amides is 1. The SMILES string of the molecule is Cc1nc2sccn2c1C(=O)N/N=C\c1ccccc1C(F)(F)F. The summed E-state index contributed by atoms with van der Waals surface area (Å²) >= 11 is 1.37. The van der Waals surface area contributed by atoms with E-state index >= 15 is 0 Å². The Bertz CT molecular complexity index is 926. The number of benzene rings is 1. The van der Waals surface area contributed by atoms with Gasteiger partial charge in [-0.2, -0.15) is 18.3 Å². The van der Waals surface area contributed by atoms with Crippen LogP contribution in [0.25, 0.3) is 4.96 Å². The number of hydrazone groups is 1. The monoisotopic (exact) mass is 352 g/mol. The summed E-state index contributed by atoms with van der Waals surface area (Å²) in [5.41, 5.74) is 2.11. The highest BCUT2D eigenvalue weighted by Gasteiger charge is 2.32. The minimum absolute atomic E-state index is 0.129. The number of alkyl halides is 3. The molecule has 0 unspecified atom stereocenters. The molecular formula is C15H11F3N4OS. The molecule has 5 nitrogen and oxygen atoms in total. The van der Waals surface area contributed by atoms with Crippen LogP contribution in [-0.4, -0.2) is 21.5 Å². The van der Waals surface area contributed by atoms with Gasteiger partial charge < -0.3 is 0 Å². The summed E-state index contributed by atoms with van der Waals surface area (Å²) in [4.78, 5) is 17.1. The van der Waals surface area contributed by atoms with Crippen LogP contribution in [0.2, 0.25) is 0 Å². The normalized spacial score (nSPS) is 12.2. The smallest absolute Gasteiger partial charge is 0.286 e. The van der Waals surface area contributed by atoms with Crippen LogP contribution in [-0.2, 0) is 6.18 Å². The first-order chi connectivity index (χ1) is 11.4. The van der Waals surface area contributed by atoms with Gasteiger partial charge in [0.1, 0.15) is 5.69 Å². The largest absolute Gasteiger partial charge is 0.417 e. The number of aromatic nitrogens is 2. The third-order valence-electron chi connectivity index (χ3n) is 3.29. The first kappa shape index (κ1) is 16.2. The van der Waals surface area contributed by atoms with E-state index < -0.39 is 17.6 Å². The van der Waals surface area contributed by atoms with Gasteiger partial charge in [0.15, 0.2) is 4.96 Å². The van der Waals surface area contributed by atoms with E-state index in [2.05, 4.69) is 15.5 Å². The van der Waals surface area contributed by atoms with Gasteiger partial charge in [-0.05, 0) is 13.0 Å². The van der Waals surface area contributed by atoms with Crippen LogP contribution in [0.5, 0.6) is 0 Å². The van der Waals surface area contributed by atoms with Gasteiger partial charge in [-0.1, -0.05) is 18.2 Å². The molecule has 0 fully saturated rings. The number of rotatable bonds is 3. The maximum Gasteiger partial charge on any atom is 0.417 e. The second-order valence-electron chi connectivity index (χ2n) is 4.89. The number of carbonyl (C=O) groups excluding carboxylic acids is 1. The standard InChI is InChI=1S/C15H11F3N4OS/c1-9-12(22-6-7-24-14(22)20-9)13(23)21-19-8-10-4-2-3-5-11(10)15(16,17)18/h2-8H,1H3,(H,21,23)/b19-8-. The van der Waals surface area contributed by atoms with Crippen molar-refractivity contribution >= 4 is 28.4 Å². The van der Waals surface area contributed by atoms with E-state index in [-0.39, 0.29) is 5.56 Å². The molecule has 0 bridgehead atoms. The van der Waals surface area contributed by atoms with Crippen LogP contribution in [0.1, 0.15) is 27.3 Å². The van der Waals surface area contributed by atoms with Gasteiger partial charge in [0, 0.05) is 17.1 Å². The lowest BCUT2D eigenvalue weighted by Crippen LogP contribution is -2.20. The number of aryl methyl sites for hydroxylation is 1. The second kappa shape index (κ2) is 6.08. The van der Waals surface area contributed by atoms with E-state index in [1.165, 1.54) is 29.5 Å². The first-order valence-corrected chi connectivity index (χ1v) is 7.67. The van der Waals surface area contributed by atoms with Crippen molar-refractivity contribution < 1.29 is 18.0 Å². The number of hydrogen-bond acceptors (Lipinski definition) is 4. The number of hydrogen-bond donors (Lipinski definition) is 1. The Morgan fingerprint density at radius 1 is 1.38 bits per heavy atom. The van der Waals surface area contributed by atoms with E-state index in [1.807, 2.05) is 0 Å². The lowest BCUT2D eigenvalue weighted by Gasteiger charge is -2.09. The fourth-order valence-electron chi connectivity index (χ4n) is 2.25. The first-order valence-electron chi connectivity index (χ1n) is 6.79. The zero-order chi connectivity index (χ0) is 17.3. The van der Waals surface area contributed by atoms with Crippen molar-refractivity contribution in [3.8, 4) is 0 Å². The third-order valence-corrected chi connectivity index (χ3v) is 4.04. The van der Waals surface area contributed by atoms with Gasteiger partial charge in [0.2, 0.25) is 0 Å². The predicted octanol–water partition coefficient (Wildman–Crippen LogP) is 3.49. The molecule has 9 heteroatoms. The third kappa shape index (κ3) is 3.02. The molecule has 0 saturated heterocycles. The van der Waals surface area contributed by atoms with Crippen molar-refractivity contribution in [3.63, 3.8) is 0 Å². The molecule has 0 saturated carbocycles. The molecule has 0 aliphatic heterocycles. The molecule has 0 spiro atoms. The Kier molecular flexibility index (Phi) is 4.10. The molecule has 1 amide bonds. The summed E-state index contributed by atoms with van der Waals surface area (Å²) in [5.74, 6) is -0.542. The number of carbonyl (C=O) groups is 1. The Morgan fingerprint density at radius 3 is 2.88 bits per heavy atom. The molecule has 3 aromatic rings. The number of nitrogens with one attached hydrogen (secondary N) is 1. The molecular weight excluding hydrogens is 341 g/mol. The Labute approximate surface area is 138 Å². The van der Waals surface area contributed by atoms with Crippen LogP contribution in [0.15, 0.2) is 40.9 Å². The zero-order valence-corrected chi connectivity index (χ0v) is 13.1. The van der Waals surface area contributed by atoms with E-state index in [0.717, 1.165) is 12.3 Å². The number of fused-ring (bicyclic) bond motifs is 1. The summed E-state index contributed by atoms with van der Waals surface area (Å²) in [6.07, 6.45) is -1.82. The van der Waals surface area contributed by atoms with Gasteiger partial charge in [0.05, 0.1) is 17.5 Å². The van der Waals surface area contributed by atoms with Crippen LogP contribution in [0.4, 0.5) is 13.2 Å². The maximum absolute atomic E-state index is 12.9. The molecule has 0 radical (unpaired) electrons. The molecule has 0 aliphatic carbocycles. The van der Waals surface area contributed by atoms with E-state index in [9.17, 15) is 18.0 Å².